The normalized spacial score (nSPS) is 7.62. The van der Waals surface area contributed by atoms with Crippen LogP contribution >= 0.6 is 8.25 Å². The molecule has 0 aromatic rings. The summed E-state index contributed by atoms with van der Waals surface area (Å²) in [4.78, 5) is 14.3. The van der Waals surface area contributed by atoms with Crippen molar-refractivity contribution in [3.63, 3.8) is 0 Å². The van der Waals surface area contributed by atoms with E-state index in [1.165, 1.54) is 5.57 Å². The van der Waals surface area contributed by atoms with E-state index in [0.717, 1.165) is 0 Å². The maximum atomic E-state index is 8.74. The maximum Gasteiger partial charge on any atom is 0.314 e. The van der Waals surface area contributed by atoms with Gasteiger partial charge in [-0.05, 0) is 13.8 Å². The molecule has 0 saturated heterocycles. The predicted octanol–water partition coefficient (Wildman–Crippen LogP) is 0.943. The highest BCUT2D eigenvalue weighted by molar-refractivity contribution is 7.30. The Hall–Kier alpha value is -0.110. The Morgan fingerprint density at radius 3 is 1.50 bits per heavy atom. The van der Waals surface area contributed by atoms with E-state index in [-0.39, 0.29) is 0 Å². The van der Waals surface area contributed by atoms with Crippen molar-refractivity contribution < 1.29 is 14.4 Å². The average Bonchev–Trinajstić information content (AvgIpc) is 1.25. The van der Waals surface area contributed by atoms with Gasteiger partial charge < -0.3 is 9.79 Å². The molecule has 0 unspecified atom stereocenters. The van der Waals surface area contributed by atoms with Crippen molar-refractivity contribution in [2.24, 2.45) is 0 Å². The lowest BCUT2D eigenvalue weighted by molar-refractivity contribution is 0.405. The van der Waals surface area contributed by atoms with Gasteiger partial charge in [0.1, 0.15) is 0 Å². The fourth-order valence-corrected chi connectivity index (χ4v) is 0. The van der Waals surface area contributed by atoms with Crippen molar-refractivity contribution in [3.05, 3.63) is 12.2 Å². The molecule has 4 heteroatoms. The zero-order valence-corrected chi connectivity index (χ0v) is 6.01. The second kappa shape index (κ2) is 6.89. The molecule has 0 saturated carbocycles. The van der Waals surface area contributed by atoms with Crippen molar-refractivity contribution >= 4 is 8.25 Å². The Morgan fingerprint density at radius 2 is 1.50 bits per heavy atom. The summed E-state index contributed by atoms with van der Waals surface area (Å²) in [7, 11) is -3.13. The van der Waals surface area contributed by atoms with Gasteiger partial charge in [0.15, 0.2) is 0 Å². The average molecular weight is 138 g/mol. The summed E-state index contributed by atoms with van der Waals surface area (Å²) in [6.07, 6.45) is 0. The number of hydrogen-bond donors (Lipinski definition) is 2. The van der Waals surface area contributed by atoms with Crippen LogP contribution < -0.4 is 0 Å². The van der Waals surface area contributed by atoms with Crippen LogP contribution in [0.2, 0.25) is 0 Å². The van der Waals surface area contributed by atoms with Crippen LogP contribution in [0.25, 0.3) is 0 Å². The highest BCUT2D eigenvalue weighted by Gasteiger charge is 1.61. The molecule has 0 aliphatic rings. The molecular formula is C4H11O3P. The van der Waals surface area contributed by atoms with Crippen molar-refractivity contribution in [1.82, 2.24) is 0 Å². The minimum Gasteiger partial charge on any atom is -0.326 e. The standard InChI is InChI=1S/C4H8.H3O3P/c2*1-4(2)3/h1H2,2-3H3;4H,(H2,1,2,3). The molecule has 0 radical (unpaired) electrons. The molecular weight excluding hydrogens is 127 g/mol. The van der Waals surface area contributed by atoms with E-state index in [2.05, 4.69) is 6.58 Å². The van der Waals surface area contributed by atoms with Crippen molar-refractivity contribution in [3.8, 4) is 0 Å². The summed E-state index contributed by atoms with van der Waals surface area (Å²) in [5.74, 6) is 0. The second-order valence-electron chi connectivity index (χ2n) is 1.49. The van der Waals surface area contributed by atoms with E-state index in [1.54, 1.807) is 0 Å². The van der Waals surface area contributed by atoms with Gasteiger partial charge >= 0.3 is 8.25 Å². The van der Waals surface area contributed by atoms with E-state index >= 15 is 0 Å². The van der Waals surface area contributed by atoms with Gasteiger partial charge in [-0.3, -0.25) is 4.57 Å². The molecule has 0 aliphatic heterocycles. The van der Waals surface area contributed by atoms with E-state index in [9.17, 15) is 0 Å². The van der Waals surface area contributed by atoms with Gasteiger partial charge in [-0.2, -0.15) is 0 Å². The predicted molar refractivity (Wildman–Crippen MR) is 33.9 cm³/mol. The smallest absolute Gasteiger partial charge is 0.314 e. The van der Waals surface area contributed by atoms with E-state index < -0.39 is 8.25 Å². The third-order valence-electron chi connectivity index (χ3n) is 0. The zero-order valence-electron chi connectivity index (χ0n) is 5.01. The lowest BCUT2D eigenvalue weighted by atomic mass is 10.4. The molecule has 0 fully saturated rings. The summed E-state index contributed by atoms with van der Waals surface area (Å²) in [5.41, 5.74) is 1.17. The first-order chi connectivity index (χ1) is 3.46. The Bertz CT molecular complexity index is 69.3. The molecule has 0 heterocycles. The topological polar surface area (TPSA) is 57.5 Å². The lowest BCUT2D eigenvalue weighted by Crippen LogP contribution is -1.43. The van der Waals surface area contributed by atoms with Crippen LogP contribution in [0.15, 0.2) is 12.2 Å². The lowest BCUT2D eigenvalue weighted by Gasteiger charge is -1.65. The largest absolute Gasteiger partial charge is 0.326 e. The van der Waals surface area contributed by atoms with Crippen molar-refractivity contribution in [1.29, 1.82) is 0 Å². The molecule has 0 aromatic heterocycles. The summed E-state index contributed by atoms with van der Waals surface area (Å²) in [6.45, 7) is 7.50. The van der Waals surface area contributed by atoms with Crippen LogP contribution in [0.1, 0.15) is 13.8 Å². The molecule has 3 nitrogen and oxygen atoms in total. The number of rotatable bonds is 0. The Kier molecular flexibility index (Phi) is 9.30. The maximum absolute atomic E-state index is 8.74. The highest BCUT2D eigenvalue weighted by Crippen LogP contribution is 1.98. The fraction of sp³-hybridized carbons (Fsp3) is 0.500. The van der Waals surface area contributed by atoms with Crippen LogP contribution in [-0.4, -0.2) is 9.79 Å². The van der Waals surface area contributed by atoms with Crippen LogP contribution in [0, 0.1) is 0 Å². The molecule has 0 atom stereocenters. The summed E-state index contributed by atoms with van der Waals surface area (Å²) in [5, 5.41) is 0. The van der Waals surface area contributed by atoms with Crippen molar-refractivity contribution in [2.75, 3.05) is 0 Å². The monoisotopic (exact) mass is 138 g/mol. The summed E-state index contributed by atoms with van der Waals surface area (Å²) < 4.78 is 8.74. The first-order valence-electron chi connectivity index (χ1n) is 2.00. The Labute approximate surface area is 49.6 Å². The minimum atomic E-state index is -3.13. The van der Waals surface area contributed by atoms with Gasteiger partial charge in [-0.15, -0.1) is 6.58 Å². The Balaban J connectivity index is 0. The third-order valence-corrected chi connectivity index (χ3v) is 0. The molecule has 0 aliphatic carbocycles. The Morgan fingerprint density at radius 1 is 1.50 bits per heavy atom. The summed E-state index contributed by atoms with van der Waals surface area (Å²) in [6, 6.07) is 0. The minimum absolute atomic E-state index is 1.17. The first kappa shape index (κ1) is 10.8. The second-order valence-corrected chi connectivity index (χ2v) is 2.05. The van der Waals surface area contributed by atoms with Gasteiger partial charge in [0.2, 0.25) is 0 Å². The van der Waals surface area contributed by atoms with E-state index in [1.807, 2.05) is 13.8 Å². The quantitative estimate of drug-likeness (QED) is 0.387. The molecule has 0 aromatic carbocycles. The highest BCUT2D eigenvalue weighted by atomic mass is 31.1. The molecule has 0 spiro atoms. The SMILES string of the molecule is C=C(C)C.O=[PH](O)O. The van der Waals surface area contributed by atoms with Crippen LogP contribution in [0.4, 0.5) is 0 Å². The number of allylic oxidation sites excluding steroid dienone is 1. The third kappa shape index (κ3) is 11600. The molecule has 8 heavy (non-hydrogen) atoms. The molecule has 2 N–H and O–H groups in total. The first-order valence-corrected chi connectivity index (χ1v) is 3.31. The molecule has 0 bridgehead atoms. The molecule has 0 amide bonds. The van der Waals surface area contributed by atoms with E-state index in [0.29, 0.717) is 0 Å². The zero-order chi connectivity index (χ0) is 7.15. The molecule has 0 rings (SSSR count). The number of hydrogen-bond acceptors (Lipinski definition) is 1. The molecule has 50 valence electrons. The van der Waals surface area contributed by atoms with Gasteiger partial charge in [-0.1, -0.05) is 5.57 Å². The van der Waals surface area contributed by atoms with Gasteiger partial charge in [0.25, 0.3) is 0 Å². The van der Waals surface area contributed by atoms with Gasteiger partial charge in [-0.25, -0.2) is 0 Å². The van der Waals surface area contributed by atoms with Crippen LogP contribution in [-0.2, 0) is 4.57 Å². The van der Waals surface area contributed by atoms with Gasteiger partial charge in [0, 0.05) is 0 Å². The van der Waals surface area contributed by atoms with Crippen LogP contribution in [0.5, 0.6) is 0 Å². The summed E-state index contributed by atoms with van der Waals surface area (Å²) >= 11 is 0. The van der Waals surface area contributed by atoms with Gasteiger partial charge in [0.05, 0.1) is 0 Å². The fourth-order valence-electron chi connectivity index (χ4n) is 0. The van der Waals surface area contributed by atoms with E-state index in [4.69, 9.17) is 14.4 Å². The van der Waals surface area contributed by atoms with Crippen molar-refractivity contribution in [2.45, 2.75) is 13.8 Å². The van der Waals surface area contributed by atoms with Crippen LogP contribution in [0.3, 0.4) is 0 Å².